The third-order valence-corrected chi connectivity index (χ3v) is 7.52. The van der Waals surface area contributed by atoms with Crippen molar-refractivity contribution in [3.05, 3.63) is 94.5 Å². The first-order chi connectivity index (χ1) is 18.8. The summed E-state index contributed by atoms with van der Waals surface area (Å²) in [6.07, 6.45) is 3.04. The van der Waals surface area contributed by atoms with E-state index in [4.69, 9.17) is 14.6 Å². The number of aryl methyl sites for hydroxylation is 1. The summed E-state index contributed by atoms with van der Waals surface area (Å²) in [4.78, 5) is 13.3. The number of piperidine rings is 1. The Morgan fingerprint density at radius 2 is 1.41 bits per heavy atom. The Labute approximate surface area is 233 Å². The van der Waals surface area contributed by atoms with Crippen LogP contribution >= 0.6 is 0 Å². The summed E-state index contributed by atoms with van der Waals surface area (Å²) in [5.74, 6) is 2.03. The molecular formula is C34H43NO4. The summed E-state index contributed by atoms with van der Waals surface area (Å²) in [7, 11) is 0. The van der Waals surface area contributed by atoms with E-state index < -0.39 is 5.97 Å². The minimum atomic E-state index is -0.777. The molecule has 208 valence electrons. The van der Waals surface area contributed by atoms with E-state index in [9.17, 15) is 4.79 Å². The predicted molar refractivity (Wildman–Crippen MR) is 157 cm³/mol. The van der Waals surface area contributed by atoms with Gasteiger partial charge >= 0.3 is 5.97 Å². The molecule has 4 rings (SSSR count). The number of benzene rings is 3. The maximum atomic E-state index is 10.7. The normalized spacial score (nSPS) is 14.6. The van der Waals surface area contributed by atoms with Crippen molar-refractivity contribution in [2.75, 3.05) is 13.1 Å². The Hall–Kier alpha value is -3.31. The Bertz CT molecular complexity index is 1170. The Balaban J connectivity index is 1.24. The molecule has 0 aromatic heterocycles. The SMILES string of the molecule is CC(C)c1cccc(C(C)C)c1OC1CCN(Cc2ccc(COc3ccc(CCC(=O)O)cc3)cc2)CC1. The fraction of sp³-hybridized carbons (Fsp3) is 0.441. The third-order valence-electron chi connectivity index (χ3n) is 7.52. The van der Waals surface area contributed by atoms with E-state index in [1.807, 2.05) is 24.3 Å². The van der Waals surface area contributed by atoms with Crippen molar-refractivity contribution in [3.63, 3.8) is 0 Å². The molecule has 3 aromatic rings. The first-order valence-corrected chi connectivity index (χ1v) is 14.3. The van der Waals surface area contributed by atoms with Gasteiger partial charge in [-0.15, -0.1) is 0 Å². The summed E-state index contributed by atoms with van der Waals surface area (Å²) < 4.78 is 12.6. The van der Waals surface area contributed by atoms with Gasteiger partial charge in [0.15, 0.2) is 0 Å². The molecule has 0 spiro atoms. The van der Waals surface area contributed by atoms with E-state index in [-0.39, 0.29) is 12.5 Å². The summed E-state index contributed by atoms with van der Waals surface area (Å²) in [6, 6.07) is 23.0. The van der Waals surface area contributed by atoms with E-state index in [0.29, 0.717) is 24.9 Å². The molecule has 1 heterocycles. The Morgan fingerprint density at radius 1 is 0.846 bits per heavy atom. The second-order valence-electron chi connectivity index (χ2n) is 11.3. The van der Waals surface area contributed by atoms with Gasteiger partial charge in [-0.3, -0.25) is 9.69 Å². The molecule has 0 saturated carbocycles. The van der Waals surface area contributed by atoms with Gasteiger partial charge in [0, 0.05) is 26.1 Å². The van der Waals surface area contributed by atoms with Gasteiger partial charge in [-0.25, -0.2) is 0 Å². The van der Waals surface area contributed by atoms with Crippen LogP contribution in [0.2, 0.25) is 0 Å². The van der Waals surface area contributed by atoms with Gasteiger partial charge in [0.1, 0.15) is 24.2 Å². The van der Waals surface area contributed by atoms with Gasteiger partial charge in [0.2, 0.25) is 0 Å². The van der Waals surface area contributed by atoms with Crippen LogP contribution in [0.15, 0.2) is 66.7 Å². The zero-order valence-corrected chi connectivity index (χ0v) is 23.9. The molecule has 1 fully saturated rings. The van der Waals surface area contributed by atoms with Crippen LogP contribution in [0, 0.1) is 0 Å². The van der Waals surface area contributed by atoms with Crippen LogP contribution in [-0.4, -0.2) is 35.2 Å². The fourth-order valence-electron chi connectivity index (χ4n) is 5.14. The molecule has 0 atom stereocenters. The number of para-hydroxylation sites is 1. The number of carbonyl (C=O) groups is 1. The largest absolute Gasteiger partial charge is 0.490 e. The average molecular weight is 530 g/mol. The van der Waals surface area contributed by atoms with Crippen molar-refractivity contribution >= 4 is 5.97 Å². The zero-order chi connectivity index (χ0) is 27.8. The van der Waals surface area contributed by atoms with Crippen molar-refractivity contribution in [2.45, 2.75) is 84.5 Å². The van der Waals surface area contributed by atoms with Crippen LogP contribution in [0.3, 0.4) is 0 Å². The van der Waals surface area contributed by atoms with E-state index in [2.05, 4.69) is 75.1 Å². The lowest BCUT2D eigenvalue weighted by Gasteiger charge is -2.33. The topological polar surface area (TPSA) is 59.0 Å². The van der Waals surface area contributed by atoms with Gasteiger partial charge in [-0.1, -0.05) is 82.3 Å². The summed E-state index contributed by atoms with van der Waals surface area (Å²) in [5, 5.41) is 8.83. The summed E-state index contributed by atoms with van der Waals surface area (Å²) >= 11 is 0. The molecule has 1 aliphatic rings. The second-order valence-corrected chi connectivity index (χ2v) is 11.3. The van der Waals surface area contributed by atoms with Gasteiger partial charge in [0.25, 0.3) is 0 Å². The number of carboxylic acids is 1. The minimum absolute atomic E-state index is 0.143. The number of ether oxygens (including phenoxy) is 2. The lowest BCUT2D eigenvalue weighted by molar-refractivity contribution is -0.136. The molecule has 5 nitrogen and oxygen atoms in total. The van der Waals surface area contributed by atoms with Gasteiger partial charge < -0.3 is 14.6 Å². The van der Waals surface area contributed by atoms with E-state index >= 15 is 0 Å². The molecule has 0 aliphatic carbocycles. The molecule has 1 aliphatic heterocycles. The Kier molecular flexibility index (Phi) is 10.0. The minimum Gasteiger partial charge on any atom is -0.490 e. The van der Waals surface area contributed by atoms with E-state index in [1.54, 1.807) is 0 Å². The van der Waals surface area contributed by atoms with Crippen LogP contribution < -0.4 is 9.47 Å². The highest BCUT2D eigenvalue weighted by Crippen LogP contribution is 2.36. The maximum absolute atomic E-state index is 10.7. The first-order valence-electron chi connectivity index (χ1n) is 14.3. The fourth-order valence-corrected chi connectivity index (χ4v) is 5.14. The van der Waals surface area contributed by atoms with Crippen LogP contribution in [0.5, 0.6) is 11.5 Å². The summed E-state index contributed by atoms with van der Waals surface area (Å²) in [6.45, 7) is 12.5. The van der Waals surface area contributed by atoms with Crippen LogP contribution in [0.25, 0.3) is 0 Å². The van der Waals surface area contributed by atoms with Crippen molar-refractivity contribution < 1.29 is 19.4 Å². The molecule has 0 amide bonds. The molecule has 0 bridgehead atoms. The van der Waals surface area contributed by atoms with Crippen LogP contribution in [0.1, 0.15) is 86.6 Å². The number of hydrogen-bond acceptors (Lipinski definition) is 4. The predicted octanol–water partition coefficient (Wildman–Crippen LogP) is 7.57. The highest BCUT2D eigenvalue weighted by molar-refractivity contribution is 5.67. The highest BCUT2D eigenvalue weighted by atomic mass is 16.5. The molecule has 5 heteroatoms. The highest BCUT2D eigenvalue weighted by Gasteiger charge is 2.24. The molecule has 0 radical (unpaired) electrons. The third kappa shape index (κ3) is 8.34. The van der Waals surface area contributed by atoms with Gasteiger partial charge in [-0.05, 0) is 71.0 Å². The molecule has 1 N–H and O–H groups in total. The number of aliphatic carboxylic acids is 1. The lowest BCUT2D eigenvalue weighted by Crippen LogP contribution is -2.38. The molecular weight excluding hydrogens is 486 g/mol. The van der Waals surface area contributed by atoms with Gasteiger partial charge in [-0.2, -0.15) is 0 Å². The molecule has 39 heavy (non-hydrogen) atoms. The smallest absolute Gasteiger partial charge is 0.303 e. The zero-order valence-electron chi connectivity index (χ0n) is 23.9. The second kappa shape index (κ2) is 13.7. The first kappa shape index (κ1) is 28.7. The van der Waals surface area contributed by atoms with E-state index in [1.165, 1.54) is 16.7 Å². The van der Waals surface area contributed by atoms with Gasteiger partial charge in [0.05, 0.1) is 0 Å². The quantitative estimate of drug-likeness (QED) is 0.262. The maximum Gasteiger partial charge on any atom is 0.303 e. The molecule has 3 aromatic carbocycles. The van der Waals surface area contributed by atoms with E-state index in [0.717, 1.165) is 55.1 Å². The van der Waals surface area contributed by atoms with Crippen molar-refractivity contribution in [1.29, 1.82) is 0 Å². The molecule has 1 saturated heterocycles. The number of rotatable bonds is 12. The van der Waals surface area contributed by atoms with Crippen molar-refractivity contribution in [3.8, 4) is 11.5 Å². The Morgan fingerprint density at radius 3 is 1.97 bits per heavy atom. The average Bonchev–Trinajstić information content (AvgIpc) is 2.93. The van der Waals surface area contributed by atoms with Crippen LogP contribution in [-0.2, 0) is 24.4 Å². The van der Waals surface area contributed by atoms with Crippen molar-refractivity contribution in [1.82, 2.24) is 4.90 Å². The lowest BCUT2D eigenvalue weighted by atomic mass is 9.93. The number of hydrogen-bond donors (Lipinski definition) is 1. The number of likely N-dealkylation sites (tertiary alicyclic amines) is 1. The van der Waals surface area contributed by atoms with Crippen LogP contribution in [0.4, 0.5) is 0 Å². The monoisotopic (exact) mass is 529 g/mol. The standard InChI is InChI=1S/C34H43NO4/c1-24(2)31-6-5-7-32(25(3)4)34(31)39-30-18-20-35(21-19-30)22-27-8-10-28(11-9-27)23-38-29-15-12-26(13-16-29)14-17-33(36)37/h5-13,15-16,24-25,30H,14,17-23H2,1-4H3,(H,36,37). The number of carboxylic acid groups (broad SMARTS) is 1. The summed E-state index contributed by atoms with van der Waals surface area (Å²) in [5.41, 5.74) is 6.09. The molecule has 0 unspecified atom stereocenters. The number of nitrogens with zero attached hydrogens (tertiary/aromatic N) is 1. The van der Waals surface area contributed by atoms with Crippen molar-refractivity contribution in [2.24, 2.45) is 0 Å².